The maximum Gasteiger partial charge on any atom is 0.0548 e. The van der Waals surface area contributed by atoms with E-state index < -0.39 is 10.0 Å². The van der Waals surface area contributed by atoms with Crippen molar-refractivity contribution in [1.29, 1.82) is 0 Å². The summed E-state index contributed by atoms with van der Waals surface area (Å²) in [5.74, 6) is 0. The highest BCUT2D eigenvalue weighted by molar-refractivity contribution is 8.34. The minimum atomic E-state index is -2.07. The molecule has 3 nitrogen and oxygen atoms in total. The van der Waals surface area contributed by atoms with E-state index >= 15 is 0 Å². The zero-order valence-corrected chi connectivity index (χ0v) is 35.7. The second kappa shape index (κ2) is 14.5. The minimum Gasteiger partial charge on any atom is -0.309 e. The first-order valence-electron chi connectivity index (χ1n) is 21.9. The highest BCUT2D eigenvalue weighted by Crippen LogP contribution is 2.73. The van der Waals surface area contributed by atoms with Crippen LogP contribution in [0.1, 0.15) is 0 Å². The quantitative estimate of drug-likeness (QED) is 0.152. The van der Waals surface area contributed by atoms with Crippen molar-refractivity contribution in [3.63, 3.8) is 0 Å². The summed E-state index contributed by atoms with van der Waals surface area (Å²) in [4.78, 5) is 5.12. The first kappa shape index (κ1) is 36.6. The Hall–Kier alpha value is -8.05. The van der Waals surface area contributed by atoms with Crippen molar-refractivity contribution in [1.82, 2.24) is 13.7 Å². The molecule has 0 aliphatic carbocycles. The van der Waals surface area contributed by atoms with E-state index in [9.17, 15) is 0 Å². The Morgan fingerprint density at radius 2 is 0.500 bits per heavy atom. The van der Waals surface area contributed by atoms with Crippen molar-refractivity contribution >= 4 is 75.4 Å². The van der Waals surface area contributed by atoms with Crippen molar-refractivity contribution in [3.8, 4) is 17.1 Å². The van der Waals surface area contributed by atoms with E-state index in [0.29, 0.717) is 0 Å². The fraction of sp³-hybridized carbons (Fsp3) is 0. The number of para-hydroxylation sites is 5. The van der Waals surface area contributed by atoms with Crippen molar-refractivity contribution in [2.45, 2.75) is 19.6 Å². The van der Waals surface area contributed by atoms with Crippen molar-refractivity contribution < 1.29 is 0 Å². The molecule has 0 spiro atoms. The average Bonchev–Trinajstić information content (AvgIpc) is 4.00. The van der Waals surface area contributed by atoms with Gasteiger partial charge in [-0.25, -0.2) is 0 Å². The van der Waals surface area contributed by atoms with Gasteiger partial charge in [-0.05, 0) is 109 Å². The molecule has 0 atom stereocenters. The first-order chi connectivity index (χ1) is 31.8. The Kier molecular flexibility index (Phi) is 8.30. The molecule has 4 heteroatoms. The molecule has 10 aromatic carbocycles. The maximum atomic E-state index is 2.50. The molecule has 0 saturated carbocycles. The van der Waals surface area contributed by atoms with Gasteiger partial charge >= 0.3 is 0 Å². The molecule has 302 valence electrons. The van der Waals surface area contributed by atoms with Gasteiger partial charge < -0.3 is 13.7 Å². The van der Waals surface area contributed by atoms with Gasteiger partial charge in [-0.2, -0.15) is 0 Å². The number of hydrogen-bond acceptors (Lipinski definition) is 0. The molecule has 0 unspecified atom stereocenters. The van der Waals surface area contributed by atoms with E-state index in [1.165, 1.54) is 85.0 Å². The largest absolute Gasteiger partial charge is 0.309 e. The summed E-state index contributed by atoms with van der Waals surface area (Å²) < 4.78 is 7.36. The van der Waals surface area contributed by atoms with Gasteiger partial charge in [-0.3, -0.25) is 0 Å². The highest BCUT2D eigenvalue weighted by Gasteiger charge is 2.34. The summed E-state index contributed by atoms with van der Waals surface area (Å²) in [7, 11) is -2.07. The van der Waals surface area contributed by atoms with E-state index in [0.717, 1.165) is 17.1 Å². The third-order valence-corrected chi connectivity index (χ3v) is 17.0. The normalized spacial score (nSPS) is 12.3. The molecule has 0 N–H and O–H groups in total. The summed E-state index contributed by atoms with van der Waals surface area (Å²) in [5.41, 5.74) is 10.6. The summed E-state index contributed by atoms with van der Waals surface area (Å²) in [6.45, 7) is 0. The molecular weight excluding hydrogens is 795 g/mol. The molecule has 0 amide bonds. The van der Waals surface area contributed by atoms with E-state index in [4.69, 9.17) is 0 Å². The van der Waals surface area contributed by atoms with Crippen molar-refractivity contribution in [3.05, 3.63) is 249 Å². The zero-order valence-electron chi connectivity index (χ0n) is 34.9. The number of hydrogen-bond donors (Lipinski definition) is 0. The monoisotopic (exact) mass is 835 g/mol. The fourth-order valence-electron chi connectivity index (χ4n) is 10.5. The second-order valence-corrected chi connectivity index (χ2v) is 19.6. The lowest BCUT2D eigenvalue weighted by molar-refractivity contribution is 1.14. The van der Waals surface area contributed by atoms with Gasteiger partial charge in [0.2, 0.25) is 0 Å². The lowest BCUT2D eigenvalue weighted by Gasteiger charge is -2.42. The molecule has 64 heavy (non-hydrogen) atoms. The molecule has 13 rings (SSSR count). The predicted molar refractivity (Wildman–Crippen MR) is 269 cm³/mol. The van der Waals surface area contributed by atoms with Crippen LogP contribution < -0.4 is 0 Å². The van der Waals surface area contributed by atoms with Crippen LogP contribution >= 0.6 is 10.0 Å². The summed E-state index contributed by atoms with van der Waals surface area (Å²) in [6.07, 6.45) is 0. The van der Waals surface area contributed by atoms with Gasteiger partial charge in [0.15, 0.2) is 0 Å². The molecular formula is C60H41N3S. The SMILES string of the molecule is c1ccc(-n2c3ccccc3c3cc4c(cc32)c2ccccc2n4-c2cccc(S(c3ccccc3)(c3ccccc3)c3cccc(-n4c5ccccc5c5ccccc54)c3)c2)cc1. The van der Waals surface area contributed by atoms with Gasteiger partial charge in [0, 0.05) is 69.0 Å². The molecule has 3 heterocycles. The first-order valence-corrected chi connectivity index (χ1v) is 23.6. The second-order valence-electron chi connectivity index (χ2n) is 16.5. The Balaban J connectivity index is 1.09. The molecule has 0 radical (unpaired) electrons. The third-order valence-electron chi connectivity index (χ3n) is 13.1. The van der Waals surface area contributed by atoms with Crippen molar-refractivity contribution in [2.24, 2.45) is 0 Å². The highest BCUT2D eigenvalue weighted by atomic mass is 32.3. The van der Waals surface area contributed by atoms with Gasteiger partial charge in [0.05, 0.1) is 33.1 Å². The Labute approximate surface area is 372 Å². The van der Waals surface area contributed by atoms with E-state index in [2.05, 4.69) is 262 Å². The Morgan fingerprint density at radius 3 is 0.922 bits per heavy atom. The van der Waals surface area contributed by atoms with Crippen molar-refractivity contribution in [2.75, 3.05) is 0 Å². The van der Waals surface area contributed by atoms with Crippen LogP contribution in [0, 0.1) is 0 Å². The number of benzene rings is 10. The van der Waals surface area contributed by atoms with Crippen LogP contribution in [0.4, 0.5) is 0 Å². The van der Waals surface area contributed by atoms with Crippen LogP contribution in [0.15, 0.2) is 268 Å². The van der Waals surface area contributed by atoms with Crippen LogP contribution in [0.5, 0.6) is 0 Å². The number of nitrogens with zero attached hydrogens (tertiary/aromatic N) is 3. The number of rotatable bonds is 7. The lowest BCUT2D eigenvalue weighted by Crippen LogP contribution is -2.07. The van der Waals surface area contributed by atoms with Gasteiger partial charge in [0.25, 0.3) is 0 Å². The van der Waals surface area contributed by atoms with E-state index in [-0.39, 0.29) is 0 Å². The predicted octanol–water partition coefficient (Wildman–Crippen LogP) is 16.3. The minimum absolute atomic E-state index is 1.14. The zero-order chi connectivity index (χ0) is 42.2. The topological polar surface area (TPSA) is 14.8 Å². The molecule has 0 fully saturated rings. The standard InChI is InChI=1S/C60H41N3S/c1-4-20-42(21-5-1)61-57-36-16-12-32-51(57)53-41-60-54(40-59(53)61)52-33-13-17-37-58(52)63(60)44-23-19-29-48(39-44)64(45-24-6-2-7-25-45,46-26-8-3-9-27-46)47-28-18-22-43(38-47)62-55-34-14-10-30-49(55)50-31-11-15-35-56(50)62/h1-41H. The van der Waals surface area contributed by atoms with Gasteiger partial charge in [0.1, 0.15) is 0 Å². The third kappa shape index (κ3) is 5.36. The van der Waals surface area contributed by atoms with Gasteiger partial charge in [-0.15, -0.1) is 10.0 Å². The molecule has 3 aromatic heterocycles. The fourth-order valence-corrected chi connectivity index (χ4v) is 14.4. The number of fused-ring (bicyclic) bond motifs is 9. The summed E-state index contributed by atoms with van der Waals surface area (Å²) >= 11 is 0. The van der Waals surface area contributed by atoms with Gasteiger partial charge in [-0.1, -0.05) is 140 Å². The summed E-state index contributed by atoms with van der Waals surface area (Å²) in [6, 6.07) is 92.1. The molecule has 0 aliphatic rings. The van der Waals surface area contributed by atoms with Crippen LogP contribution in [0.3, 0.4) is 0 Å². The Morgan fingerprint density at radius 1 is 0.203 bits per heavy atom. The van der Waals surface area contributed by atoms with E-state index in [1.807, 2.05) is 0 Å². The maximum absolute atomic E-state index is 2.50. The molecule has 0 saturated heterocycles. The molecule has 0 aliphatic heterocycles. The smallest absolute Gasteiger partial charge is 0.0548 e. The van der Waals surface area contributed by atoms with Crippen LogP contribution in [0.25, 0.3) is 82.5 Å². The lowest BCUT2D eigenvalue weighted by atomic mass is 10.1. The Bertz CT molecular complexity index is 3800. The van der Waals surface area contributed by atoms with Crippen LogP contribution in [-0.4, -0.2) is 13.7 Å². The number of aromatic nitrogens is 3. The van der Waals surface area contributed by atoms with Crippen LogP contribution in [-0.2, 0) is 0 Å². The van der Waals surface area contributed by atoms with E-state index in [1.54, 1.807) is 0 Å². The van der Waals surface area contributed by atoms with Crippen LogP contribution in [0.2, 0.25) is 0 Å². The molecule has 0 bridgehead atoms. The molecule has 13 aromatic rings. The average molecular weight is 836 g/mol. The summed E-state index contributed by atoms with van der Waals surface area (Å²) in [5, 5.41) is 7.47.